The van der Waals surface area contributed by atoms with Crippen molar-refractivity contribution in [1.82, 2.24) is 0 Å². The van der Waals surface area contributed by atoms with Crippen molar-refractivity contribution in [2.75, 3.05) is 4.90 Å². The summed E-state index contributed by atoms with van der Waals surface area (Å²) in [6.45, 7) is 2.53. The van der Waals surface area contributed by atoms with E-state index in [2.05, 4.69) is 0 Å². The predicted molar refractivity (Wildman–Crippen MR) is 72.0 cm³/mol. The molecule has 0 aliphatic carbocycles. The lowest BCUT2D eigenvalue weighted by atomic mass is 10.2. The van der Waals surface area contributed by atoms with Crippen LogP contribution in [0.1, 0.15) is 13.8 Å². The highest BCUT2D eigenvalue weighted by atomic mass is 35.5. The summed E-state index contributed by atoms with van der Waals surface area (Å²) in [6.07, 6.45) is 0. The monoisotopic (exact) mass is 307 g/mol. The third-order valence-corrected chi connectivity index (χ3v) is 4.03. The van der Waals surface area contributed by atoms with Crippen molar-refractivity contribution in [3.05, 3.63) is 29.3 Å². The average molecular weight is 308 g/mol. The maximum Gasteiger partial charge on any atom is 0.326 e. The van der Waals surface area contributed by atoms with Crippen LogP contribution in [0.5, 0.6) is 0 Å². The molecule has 0 saturated carbocycles. The van der Waals surface area contributed by atoms with E-state index < -0.39 is 27.5 Å². The number of benzene rings is 1. The summed E-state index contributed by atoms with van der Waals surface area (Å²) in [6, 6.07) is 4.95. The number of hydrogen-bond donors (Lipinski definition) is 2. The van der Waals surface area contributed by atoms with Crippen molar-refractivity contribution in [3.63, 3.8) is 0 Å². The molecule has 0 heterocycles. The summed E-state index contributed by atoms with van der Waals surface area (Å²) >= 11 is 5.81. The smallest absolute Gasteiger partial charge is 0.326 e. The van der Waals surface area contributed by atoms with Crippen LogP contribution < -0.4 is 4.90 Å². The molecule has 0 aliphatic heterocycles. The van der Waals surface area contributed by atoms with Gasteiger partial charge in [0.2, 0.25) is 0 Å². The summed E-state index contributed by atoms with van der Waals surface area (Å²) in [5, 5.41) is 7.98. The summed E-state index contributed by atoms with van der Waals surface area (Å²) in [7, 11) is -4.42. The Balaban J connectivity index is 3.31. The van der Waals surface area contributed by atoms with Crippen LogP contribution in [0.2, 0.25) is 5.02 Å². The second-order valence-electron chi connectivity index (χ2n) is 4.02. The molecule has 1 aromatic rings. The molecule has 0 amide bonds. The molecule has 0 bridgehead atoms. The minimum Gasteiger partial charge on any atom is -0.480 e. The number of nitrogens with zero attached hydrogens (tertiary/aromatic N) is 1. The maximum atomic E-state index is 11.2. The van der Waals surface area contributed by atoms with E-state index in [9.17, 15) is 13.2 Å². The van der Waals surface area contributed by atoms with Crippen LogP contribution in [0.15, 0.2) is 24.3 Å². The second kappa shape index (κ2) is 5.77. The fourth-order valence-electron chi connectivity index (χ4n) is 1.65. The first-order valence-electron chi connectivity index (χ1n) is 5.37. The zero-order valence-electron chi connectivity index (χ0n) is 10.3. The Morgan fingerprint density at radius 2 is 1.95 bits per heavy atom. The first-order chi connectivity index (χ1) is 8.64. The van der Waals surface area contributed by atoms with E-state index >= 15 is 0 Å². The van der Waals surface area contributed by atoms with Gasteiger partial charge in [0.15, 0.2) is 5.37 Å². The third-order valence-electron chi connectivity index (χ3n) is 2.70. The van der Waals surface area contributed by atoms with Crippen LogP contribution in [0.25, 0.3) is 0 Å². The maximum absolute atomic E-state index is 11.2. The van der Waals surface area contributed by atoms with E-state index in [-0.39, 0.29) is 0 Å². The van der Waals surface area contributed by atoms with Crippen molar-refractivity contribution < 1.29 is 22.9 Å². The second-order valence-corrected chi connectivity index (χ2v) is 6.16. The van der Waals surface area contributed by atoms with Crippen LogP contribution in [0.4, 0.5) is 5.69 Å². The molecule has 1 rings (SSSR count). The van der Waals surface area contributed by atoms with Crippen LogP contribution in [0, 0.1) is 0 Å². The van der Waals surface area contributed by atoms with Gasteiger partial charge in [-0.3, -0.25) is 4.55 Å². The molecule has 0 fully saturated rings. The predicted octanol–water partition coefficient (Wildman–Crippen LogP) is 1.85. The van der Waals surface area contributed by atoms with Gasteiger partial charge < -0.3 is 10.0 Å². The molecule has 6 nitrogen and oxygen atoms in total. The first kappa shape index (κ1) is 15.7. The largest absolute Gasteiger partial charge is 0.480 e. The standard InChI is InChI=1S/C11H14ClNO5S/c1-7(11(14)15)13(8(2)19(16,17)18)10-5-3-4-9(12)6-10/h3-8H,1-2H3,(H,14,15)(H,16,17,18). The van der Waals surface area contributed by atoms with E-state index in [4.69, 9.17) is 21.3 Å². The van der Waals surface area contributed by atoms with E-state index in [1.807, 2.05) is 0 Å². The molecule has 19 heavy (non-hydrogen) atoms. The molecule has 0 radical (unpaired) electrons. The van der Waals surface area contributed by atoms with Gasteiger partial charge in [0.25, 0.3) is 10.1 Å². The summed E-state index contributed by atoms with van der Waals surface area (Å²) in [5.41, 5.74) is 0.299. The molecule has 0 spiro atoms. The summed E-state index contributed by atoms with van der Waals surface area (Å²) in [5.74, 6) is -1.21. The Hall–Kier alpha value is -1.31. The number of rotatable bonds is 5. The minimum atomic E-state index is -4.42. The van der Waals surface area contributed by atoms with E-state index in [1.54, 1.807) is 12.1 Å². The summed E-state index contributed by atoms with van der Waals surface area (Å²) < 4.78 is 31.6. The number of carbonyl (C=O) groups is 1. The third kappa shape index (κ3) is 3.82. The Labute approximate surface area is 116 Å². The molecule has 2 N–H and O–H groups in total. The first-order valence-corrected chi connectivity index (χ1v) is 7.25. The molecule has 0 aliphatic rings. The zero-order chi connectivity index (χ0) is 14.8. The van der Waals surface area contributed by atoms with Crippen LogP contribution in [0.3, 0.4) is 0 Å². The van der Waals surface area contributed by atoms with Crippen LogP contribution in [-0.2, 0) is 14.9 Å². The SMILES string of the molecule is CC(C(=O)O)N(c1cccc(Cl)c1)C(C)S(=O)(=O)O. The molecule has 0 aromatic heterocycles. The van der Waals surface area contributed by atoms with Gasteiger partial charge in [-0.25, -0.2) is 4.79 Å². The van der Waals surface area contributed by atoms with Gasteiger partial charge in [0.05, 0.1) is 0 Å². The van der Waals surface area contributed by atoms with Crippen LogP contribution >= 0.6 is 11.6 Å². The average Bonchev–Trinajstić information content (AvgIpc) is 2.27. The summed E-state index contributed by atoms with van der Waals surface area (Å²) in [4.78, 5) is 12.2. The van der Waals surface area contributed by atoms with Crippen molar-refractivity contribution in [3.8, 4) is 0 Å². The van der Waals surface area contributed by atoms with Gasteiger partial charge in [-0.2, -0.15) is 8.42 Å². The Bertz CT molecular complexity index is 574. The van der Waals surface area contributed by atoms with Crippen molar-refractivity contribution in [2.45, 2.75) is 25.3 Å². The molecule has 2 atom stereocenters. The van der Waals surface area contributed by atoms with Gasteiger partial charge in [-0.1, -0.05) is 17.7 Å². The molecular formula is C11H14ClNO5S. The minimum absolute atomic E-state index is 0.299. The Morgan fingerprint density at radius 3 is 2.37 bits per heavy atom. The number of carboxylic acids is 1. The zero-order valence-corrected chi connectivity index (χ0v) is 11.9. The van der Waals surface area contributed by atoms with Crippen molar-refractivity contribution in [2.24, 2.45) is 0 Å². The topological polar surface area (TPSA) is 94.9 Å². The number of aliphatic carboxylic acids is 1. The lowest BCUT2D eigenvalue weighted by Crippen LogP contribution is -2.48. The van der Waals surface area contributed by atoms with E-state index in [1.165, 1.54) is 26.0 Å². The molecule has 8 heteroatoms. The van der Waals surface area contributed by atoms with Crippen molar-refractivity contribution >= 4 is 33.4 Å². The highest BCUT2D eigenvalue weighted by molar-refractivity contribution is 7.86. The van der Waals surface area contributed by atoms with Gasteiger partial charge in [0, 0.05) is 10.7 Å². The lowest BCUT2D eigenvalue weighted by Gasteiger charge is -2.32. The molecule has 106 valence electrons. The molecule has 2 unspecified atom stereocenters. The van der Waals surface area contributed by atoms with Gasteiger partial charge in [-0.05, 0) is 32.0 Å². The van der Waals surface area contributed by atoms with E-state index in [0.29, 0.717) is 10.7 Å². The Morgan fingerprint density at radius 1 is 1.37 bits per heavy atom. The number of carboxylic acid groups (broad SMARTS) is 1. The quantitative estimate of drug-likeness (QED) is 0.806. The van der Waals surface area contributed by atoms with Gasteiger partial charge >= 0.3 is 5.97 Å². The highest BCUT2D eigenvalue weighted by Crippen LogP contribution is 2.25. The van der Waals surface area contributed by atoms with Crippen LogP contribution in [-0.4, -0.2) is 35.5 Å². The lowest BCUT2D eigenvalue weighted by molar-refractivity contribution is -0.138. The number of hydrogen-bond acceptors (Lipinski definition) is 4. The number of halogens is 1. The Kier molecular flexibility index (Phi) is 4.78. The fourth-order valence-corrected chi connectivity index (χ4v) is 2.42. The fraction of sp³-hybridized carbons (Fsp3) is 0.364. The van der Waals surface area contributed by atoms with Crippen molar-refractivity contribution in [1.29, 1.82) is 0 Å². The van der Waals surface area contributed by atoms with E-state index in [0.717, 1.165) is 4.90 Å². The molecular weight excluding hydrogens is 294 g/mol. The molecule has 0 saturated heterocycles. The normalized spacial score (nSPS) is 14.7. The highest BCUT2D eigenvalue weighted by Gasteiger charge is 2.32. The molecule has 1 aromatic carbocycles. The van der Waals surface area contributed by atoms with Gasteiger partial charge in [0.1, 0.15) is 6.04 Å². The number of anilines is 1. The van der Waals surface area contributed by atoms with Gasteiger partial charge in [-0.15, -0.1) is 0 Å².